The average Bonchev–Trinajstić information content (AvgIpc) is 3.12. The monoisotopic (exact) mass is 382 g/mol. The van der Waals surface area contributed by atoms with Gasteiger partial charge < -0.3 is 11.5 Å². The first-order valence-corrected chi connectivity index (χ1v) is 9.28. The molecule has 2 aromatic rings. The van der Waals surface area contributed by atoms with Gasteiger partial charge in [0.2, 0.25) is 0 Å². The summed E-state index contributed by atoms with van der Waals surface area (Å²) in [5.41, 5.74) is 14.0. The fourth-order valence-corrected chi connectivity index (χ4v) is 3.90. The molecule has 0 aliphatic heterocycles. The minimum Gasteiger partial charge on any atom is -0.396 e. The highest BCUT2D eigenvalue weighted by Gasteiger charge is 2.42. The summed E-state index contributed by atoms with van der Waals surface area (Å²) in [6.07, 6.45) is 2.90. The third kappa shape index (κ3) is 4.12. The predicted octanol–water partition coefficient (Wildman–Crippen LogP) is 1.41. The van der Waals surface area contributed by atoms with Crippen molar-refractivity contribution in [2.24, 2.45) is 22.5 Å². The van der Waals surface area contributed by atoms with E-state index in [-0.39, 0.29) is 5.84 Å². The van der Waals surface area contributed by atoms with Gasteiger partial charge in [0.15, 0.2) is 11.7 Å². The van der Waals surface area contributed by atoms with Crippen molar-refractivity contribution in [3.8, 4) is 0 Å². The lowest BCUT2D eigenvalue weighted by Gasteiger charge is -2.18. The van der Waals surface area contributed by atoms with E-state index in [1.807, 2.05) is 0 Å². The number of hydrazine groups is 2. The molecule has 1 aliphatic rings. The summed E-state index contributed by atoms with van der Waals surface area (Å²) in [6.45, 7) is 0. The van der Waals surface area contributed by atoms with E-state index in [0.29, 0.717) is 40.7 Å². The highest BCUT2D eigenvalue weighted by atomic mass is 32.2. The van der Waals surface area contributed by atoms with Crippen molar-refractivity contribution in [3.05, 3.63) is 28.6 Å². The van der Waals surface area contributed by atoms with E-state index in [0.717, 1.165) is 4.90 Å². The van der Waals surface area contributed by atoms with Crippen molar-refractivity contribution in [1.29, 1.82) is 0 Å². The molecule has 134 valence electrons. The Kier molecular flexibility index (Phi) is 4.99. The van der Waals surface area contributed by atoms with Crippen LogP contribution in [0.1, 0.15) is 17.7 Å². The van der Waals surface area contributed by atoms with Crippen molar-refractivity contribution in [1.82, 2.24) is 10.5 Å². The van der Waals surface area contributed by atoms with Crippen LogP contribution >= 0.6 is 23.1 Å². The van der Waals surface area contributed by atoms with Crippen LogP contribution in [0, 0.1) is 0 Å². The number of aromatic nitrogens is 1. The van der Waals surface area contributed by atoms with E-state index in [1.165, 1.54) is 28.1 Å². The number of hydrogen-bond donors (Lipinski definition) is 5. The summed E-state index contributed by atoms with van der Waals surface area (Å²) >= 11 is 2.77. The molecule has 0 unspecified atom stereocenters. The number of anilines is 3. The van der Waals surface area contributed by atoms with E-state index in [9.17, 15) is 4.39 Å². The molecule has 2 heterocycles. The van der Waals surface area contributed by atoms with E-state index in [2.05, 4.69) is 15.6 Å². The van der Waals surface area contributed by atoms with Gasteiger partial charge in [0, 0.05) is 22.2 Å². The number of alkyl halides is 1. The normalized spacial score (nSPS) is 15.9. The molecule has 0 spiro atoms. The molecule has 0 radical (unpaired) electrons. The Labute approximate surface area is 152 Å². The van der Waals surface area contributed by atoms with Gasteiger partial charge in [0.1, 0.15) is 5.67 Å². The second-order valence-corrected chi connectivity index (χ2v) is 7.65. The fraction of sp³-hybridized carbons (Fsp3) is 0.286. The van der Waals surface area contributed by atoms with Gasteiger partial charge >= 0.3 is 0 Å². The molecular weight excluding hydrogens is 363 g/mol. The quantitative estimate of drug-likeness (QED) is 0.159. The van der Waals surface area contributed by atoms with Crippen molar-refractivity contribution < 1.29 is 4.39 Å². The number of hydrazone groups is 1. The highest BCUT2D eigenvalue weighted by Crippen LogP contribution is 2.44. The number of thioether (sulfide) groups is 1. The Bertz CT molecular complexity index is 789. The number of nitrogens with one attached hydrogen (secondary N) is 1. The summed E-state index contributed by atoms with van der Waals surface area (Å²) in [6, 6.07) is 3.50. The van der Waals surface area contributed by atoms with Gasteiger partial charge in [-0.25, -0.2) is 26.6 Å². The Morgan fingerprint density at radius 3 is 2.88 bits per heavy atom. The van der Waals surface area contributed by atoms with Gasteiger partial charge in [-0.2, -0.15) is 0 Å². The Morgan fingerprint density at radius 1 is 1.48 bits per heavy atom. The molecule has 0 bridgehead atoms. The summed E-state index contributed by atoms with van der Waals surface area (Å²) in [5.74, 6) is 12.3. The SMILES string of the molecule is NN/N=C(\N)c1cc(N(N)c2ncc(SCC3(F)CC3)cc2N)cs1. The third-order valence-electron chi connectivity index (χ3n) is 3.69. The van der Waals surface area contributed by atoms with E-state index in [4.69, 9.17) is 23.2 Å². The number of pyridine rings is 1. The number of hydrogen-bond acceptors (Lipinski definition) is 9. The molecule has 9 N–H and O–H groups in total. The van der Waals surface area contributed by atoms with Crippen molar-refractivity contribution in [3.63, 3.8) is 0 Å². The summed E-state index contributed by atoms with van der Waals surface area (Å²) in [7, 11) is 0. The molecule has 0 saturated heterocycles. The van der Waals surface area contributed by atoms with Gasteiger partial charge in [0.05, 0.1) is 16.3 Å². The van der Waals surface area contributed by atoms with E-state index in [1.54, 1.807) is 23.7 Å². The number of thiophene rings is 1. The molecule has 2 aromatic heterocycles. The minimum atomic E-state index is -1.02. The van der Waals surface area contributed by atoms with E-state index >= 15 is 0 Å². The summed E-state index contributed by atoms with van der Waals surface area (Å²) in [4.78, 5) is 5.83. The number of nitrogen functional groups attached to an aromatic ring is 1. The van der Waals surface area contributed by atoms with Crippen LogP contribution in [0.3, 0.4) is 0 Å². The summed E-state index contributed by atoms with van der Waals surface area (Å²) in [5, 5.41) is 6.88. The van der Waals surface area contributed by atoms with Crippen LogP contribution in [0.25, 0.3) is 0 Å². The van der Waals surface area contributed by atoms with Crippen molar-refractivity contribution >= 4 is 46.1 Å². The zero-order valence-electron chi connectivity index (χ0n) is 13.3. The molecule has 0 atom stereocenters. The van der Waals surface area contributed by atoms with Crippen LogP contribution in [0.4, 0.5) is 21.6 Å². The molecule has 1 aliphatic carbocycles. The lowest BCUT2D eigenvalue weighted by molar-refractivity contribution is 0.346. The Morgan fingerprint density at radius 2 is 2.24 bits per heavy atom. The maximum Gasteiger partial charge on any atom is 0.170 e. The van der Waals surface area contributed by atoms with Gasteiger partial charge in [-0.1, -0.05) is 0 Å². The highest BCUT2D eigenvalue weighted by molar-refractivity contribution is 7.99. The molecule has 1 fully saturated rings. The third-order valence-corrected chi connectivity index (χ3v) is 5.85. The van der Waals surface area contributed by atoms with Crippen LogP contribution in [0.15, 0.2) is 33.7 Å². The standard InChI is InChI=1S/C14H19FN8S2/c15-14(1-2-14)7-25-9-4-10(16)13(20-5-9)23(19)8-3-11(24-6-8)12(17)21-22-18/h3-6,22H,1-2,7,16,18-19H2,(H2,17,21). The molecule has 3 rings (SSSR count). The number of nitrogens with zero attached hydrogens (tertiary/aromatic N) is 3. The lowest BCUT2D eigenvalue weighted by atomic mass is 10.3. The minimum absolute atomic E-state index is 0.250. The summed E-state index contributed by atoms with van der Waals surface area (Å²) < 4.78 is 13.7. The van der Waals surface area contributed by atoms with Crippen LogP contribution in [0.5, 0.6) is 0 Å². The number of halogens is 1. The first-order valence-electron chi connectivity index (χ1n) is 7.41. The Balaban J connectivity index is 1.73. The van der Waals surface area contributed by atoms with Crippen LogP contribution in [-0.2, 0) is 0 Å². The maximum absolute atomic E-state index is 13.7. The second kappa shape index (κ2) is 7.04. The average molecular weight is 382 g/mol. The molecule has 0 amide bonds. The first kappa shape index (κ1) is 17.7. The van der Waals surface area contributed by atoms with Crippen molar-refractivity contribution in [2.75, 3.05) is 16.5 Å². The van der Waals surface area contributed by atoms with Gasteiger partial charge in [-0.15, -0.1) is 28.2 Å². The van der Waals surface area contributed by atoms with Crippen LogP contribution in [0.2, 0.25) is 0 Å². The van der Waals surface area contributed by atoms with Gasteiger partial charge in [-0.3, -0.25) is 5.01 Å². The Hall–Kier alpha value is -2.08. The van der Waals surface area contributed by atoms with Gasteiger partial charge in [0.25, 0.3) is 0 Å². The lowest BCUT2D eigenvalue weighted by Crippen LogP contribution is -2.26. The molecule has 0 aromatic carbocycles. The van der Waals surface area contributed by atoms with E-state index < -0.39 is 5.67 Å². The maximum atomic E-state index is 13.7. The molecular formula is C14H19FN8S2. The zero-order valence-corrected chi connectivity index (χ0v) is 14.9. The topological polar surface area (TPSA) is 145 Å². The zero-order chi connectivity index (χ0) is 18.0. The fourth-order valence-electron chi connectivity index (χ4n) is 2.06. The van der Waals surface area contributed by atoms with Gasteiger partial charge in [-0.05, 0) is 25.0 Å². The smallest absolute Gasteiger partial charge is 0.170 e. The largest absolute Gasteiger partial charge is 0.396 e. The first-order chi connectivity index (χ1) is 11.9. The second-order valence-electron chi connectivity index (χ2n) is 5.69. The van der Waals surface area contributed by atoms with Crippen LogP contribution < -0.4 is 33.7 Å². The van der Waals surface area contributed by atoms with Crippen molar-refractivity contribution in [2.45, 2.75) is 23.4 Å². The molecule has 25 heavy (non-hydrogen) atoms. The molecule has 1 saturated carbocycles. The molecule has 11 heteroatoms. The predicted molar refractivity (Wildman–Crippen MR) is 101 cm³/mol. The number of rotatable bonds is 7. The number of amidine groups is 1. The number of nitrogens with two attached hydrogens (primary N) is 4. The van der Waals surface area contributed by atoms with Crippen LogP contribution in [-0.4, -0.2) is 22.2 Å². The molecule has 8 nitrogen and oxygen atoms in total.